The molecule has 19 heavy (non-hydrogen) atoms. The summed E-state index contributed by atoms with van der Waals surface area (Å²) in [7, 11) is 0. The van der Waals surface area contributed by atoms with Gasteiger partial charge in [0, 0.05) is 24.1 Å². The first-order valence-electron chi connectivity index (χ1n) is 6.32. The molecule has 0 aliphatic heterocycles. The molecule has 5 heteroatoms. The predicted octanol–water partition coefficient (Wildman–Crippen LogP) is 2.47. The van der Waals surface area contributed by atoms with Gasteiger partial charge in [0.2, 0.25) is 0 Å². The van der Waals surface area contributed by atoms with Crippen LogP contribution < -0.4 is 0 Å². The minimum atomic E-state index is 0.190. The number of hydrogen-bond acceptors (Lipinski definition) is 4. The van der Waals surface area contributed by atoms with Crippen LogP contribution in [0.1, 0.15) is 17.1 Å². The van der Waals surface area contributed by atoms with E-state index in [1.165, 1.54) is 4.88 Å². The van der Waals surface area contributed by atoms with Gasteiger partial charge in [-0.2, -0.15) is 0 Å². The molecule has 0 bridgehead atoms. The highest BCUT2D eigenvalue weighted by atomic mass is 32.1. The number of fused-ring (bicyclic) bond motifs is 1. The smallest absolute Gasteiger partial charge is 0.160 e. The van der Waals surface area contributed by atoms with Crippen molar-refractivity contribution in [3.8, 4) is 0 Å². The van der Waals surface area contributed by atoms with Crippen LogP contribution in [-0.4, -0.2) is 26.2 Å². The third-order valence-electron chi connectivity index (χ3n) is 3.04. The molecule has 0 aliphatic carbocycles. The molecular weight excluding hydrogens is 258 g/mol. The monoisotopic (exact) mass is 273 g/mol. The Balaban J connectivity index is 2.02. The molecule has 0 saturated heterocycles. The van der Waals surface area contributed by atoms with Gasteiger partial charge in [-0.05, 0) is 30.0 Å². The van der Waals surface area contributed by atoms with Gasteiger partial charge < -0.3 is 9.67 Å². The van der Waals surface area contributed by atoms with Crippen LogP contribution in [0.5, 0.6) is 0 Å². The molecule has 0 atom stereocenters. The number of aliphatic hydroxyl groups is 1. The Hall–Kier alpha value is -1.72. The number of thiophene rings is 1. The van der Waals surface area contributed by atoms with Crippen molar-refractivity contribution in [2.24, 2.45) is 0 Å². The molecule has 0 radical (unpaired) electrons. The molecule has 3 heterocycles. The Kier molecular flexibility index (Phi) is 3.57. The Morgan fingerprint density at radius 3 is 3.00 bits per heavy atom. The van der Waals surface area contributed by atoms with Crippen molar-refractivity contribution in [2.75, 3.05) is 6.61 Å². The highest BCUT2D eigenvalue weighted by Gasteiger charge is 2.11. The summed E-state index contributed by atoms with van der Waals surface area (Å²) < 4.78 is 2.15. The summed E-state index contributed by atoms with van der Waals surface area (Å²) in [6.07, 6.45) is 3.30. The maximum Gasteiger partial charge on any atom is 0.160 e. The van der Waals surface area contributed by atoms with Crippen molar-refractivity contribution in [1.29, 1.82) is 0 Å². The van der Waals surface area contributed by atoms with E-state index in [0.717, 1.165) is 36.4 Å². The van der Waals surface area contributed by atoms with E-state index in [2.05, 4.69) is 32.0 Å². The van der Waals surface area contributed by atoms with Crippen LogP contribution in [-0.2, 0) is 13.0 Å². The fraction of sp³-hybridized carbons (Fsp3) is 0.286. The Morgan fingerprint density at radius 1 is 1.26 bits per heavy atom. The Morgan fingerprint density at radius 2 is 2.21 bits per heavy atom. The van der Waals surface area contributed by atoms with Crippen LogP contribution in [0.25, 0.3) is 11.2 Å². The number of hydrogen-bond donors (Lipinski definition) is 1. The lowest BCUT2D eigenvalue weighted by Crippen LogP contribution is -2.05. The maximum absolute atomic E-state index is 9.00. The van der Waals surface area contributed by atoms with Gasteiger partial charge in [-0.25, -0.2) is 9.97 Å². The van der Waals surface area contributed by atoms with E-state index >= 15 is 0 Å². The molecule has 3 aromatic rings. The fourth-order valence-corrected chi connectivity index (χ4v) is 2.85. The molecule has 1 N–H and O–H groups in total. The lowest BCUT2D eigenvalue weighted by molar-refractivity contribution is 0.287. The van der Waals surface area contributed by atoms with Gasteiger partial charge >= 0.3 is 0 Å². The number of aliphatic hydroxyl groups excluding tert-OH is 1. The number of rotatable bonds is 5. The normalized spacial score (nSPS) is 11.2. The number of pyridine rings is 1. The van der Waals surface area contributed by atoms with Crippen molar-refractivity contribution < 1.29 is 5.11 Å². The average Bonchev–Trinajstić information content (AvgIpc) is 3.06. The van der Waals surface area contributed by atoms with Crippen LogP contribution in [0.15, 0.2) is 35.8 Å². The third-order valence-corrected chi connectivity index (χ3v) is 3.90. The lowest BCUT2D eigenvalue weighted by Gasteiger charge is -2.06. The van der Waals surface area contributed by atoms with Gasteiger partial charge in [0.1, 0.15) is 11.3 Å². The SMILES string of the molecule is OCCCc1nc2cccnc2n1Cc1cccs1. The van der Waals surface area contributed by atoms with Crippen molar-refractivity contribution in [3.05, 3.63) is 46.5 Å². The second kappa shape index (κ2) is 5.50. The first kappa shape index (κ1) is 12.3. The van der Waals surface area contributed by atoms with Crippen molar-refractivity contribution in [3.63, 3.8) is 0 Å². The molecule has 0 spiro atoms. The molecule has 3 rings (SSSR count). The molecule has 0 unspecified atom stereocenters. The van der Waals surface area contributed by atoms with E-state index in [1.807, 2.05) is 12.1 Å². The van der Waals surface area contributed by atoms with E-state index < -0.39 is 0 Å². The van der Waals surface area contributed by atoms with Gasteiger partial charge in [0.05, 0.1) is 6.54 Å². The first-order chi connectivity index (χ1) is 9.38. The zero-order chi connectivity index (χ0) is 13.1. The second-order valence-corrected chi connectivity index (χ2v) is 5.40. The van der Waals surface area contributed by atoms with Crippen LogP contribution in [0.2, 0.25) is 0 Å². The van der Waals surface area contributed by atoms with Crippen LogP contribution in [0.4, 0.5) is 0 Å². The maximum atomic E-state index is 9.00. The summed E-state index contributed by atoms with van der Waals surface area (Å²) >= 11 is 1.74. The summed E-state index contributed by atoms with van der Waals surface area (Å²) in [5.41, 5.74) is 1.84. The molecule has 0 aliphatic rings. The van der Waals surface area contributed by atoms with E-state index in [1.54, 1.807) is 17.5 Å². The zero-order valence-corrected chi connectivity index (χ0v) is 11.3. The third kappa shape index (κ3) is 2.52. The van der Waals surface area contributed by atoms with Crippen molar-refractivity contribution in [1.82, 2.24) is 14.5 Å². The molecule has 0 saturated carbocycles. The van der Waals surface area contributed by atoms with E-state index in [-0.39, 0.29) is 6.61 Å². The van der Waals surface area contributed by atoms with Crippen LogP contribution >= 0.6 is 11.3 Å². The number of nitrogens with zero attached hydrogens (tertiary/aromatic N) is 3. The van der Waals surface area contributed by atoms with Crippen molar-refractivity contribution in [2.45, 2.75) is 19.4 Å². The standard InChI is InChI=1S/C14H15N3OS/c18-8-2-6-13-16-12-5-1-7-15-14(12)17(13)10-11-4-3-9-19-11/h1,3-5,7,9,18H,2,6,8,10H2. The molecular formula is C14H15N3OS. The van der Waals surface area contributed by atoms with Crippen LogP contribution in [0, 0.1) is 0 Å². The van der Waals surface area contributed by atoms with E-state index in [4.69, 9.17) is 5.11 Å². The number of aryl methyl sites for hydroxylation is 1. The lowest BCUT2D eigenvalue weighted by atomic mass is 10.3. The summed E-state index contributed by atoms with van der Waals surface area (Å²) in [5.74, 6) is 0.996. The van der Waals surface area contributed by atoms with E-state index in [9.17, 15) is 0 Å². The summed E-state index contributed by atoms with van der Waals surface area (Å²) in [4.78, 5) is 10.3. The summed E-state index contributed by atoms with van der Waals surface area (Å²) in [6.45, 7) is 0.988. The Bertz CT molecular complexity index is 660. The summed E-state index contributed by atoms with van der Waals surface area (Å²) in [6, 6.07) is 8.06. The highest BCUT2D eigenvalue weighted by Crippen LogP contribution is 2.19. The topological polar surface area (TPSA) is 50.9 Å². The zero-order valence-electron chi connectivity index (χ0n) is 10.5. The Labute approximate surface area is 115 Å². The summed E-state index contributed by atoms with van der Waals surface area (Å²) in [5, 5.41) is 11.1. The number of imidazole rings is 1. The van der Waals surface area contributed by atoms with Gasteiger partial charge in [-0.1, -0.05) is 6.07 Å². The largest absolute Gasteiger partial charge is 0.396 e. The van der Waals surface area contributed by atoms with E-state index in [0.29, 0.717) is 0 Å². The molecule has 0 fully saturated rings. The van der Waals surface area contributed by atoms with Gasteiger partial charge in [-0.3, -0.25) is 0 Å². The highest BCUT2D eigenvalue weighted by molar-refractivity contribution is 7.09. The minimum Gasteiger partial charge on any atom is -0.396 e. The van der Waals surface area contributed by atoms with Crippen LogP contribution in [0.3, 0.4) is 0 Å². The second-order valence-electron chi connectivity index (χ2n) is 4.37. The van der Waals surface area contributed by atoms with Gasteiger partial charge in [0.15, 0.2) is 5.65 Å². The first-order valence-corrected chi connectivity index (χ1v) is 7.20. The minimum absolute atomic E-state index is 0.190. The molecule has 0 amide bonds. The quantitative estimate of drug-likeness (QED) is 0.777. The van der Waals surface area contributed by atoms with Crippen molar-refractivity contribution >= 4 is 22.5 Å². The molecule has 98 valence electrons. The predicted molar refractivity (Wildman–Crippen MR) is 76.4 cm³/mol. The molecule has 4 nitrogen and oxygen atoms in total. The van der Waals surface area contributed by atoms with Gasteiger partial charge in [0.25, 0.3) is 0 Å². The fourth-order valence-electron chi connectivity index (χ4n) is 2.16. The molecule has 3 aromatic heterocycles. The number of aromatic nitrogens is 3. The molecule has 0 aromatic carbocycles. The van der Waals surface area contributed by atoms with Gasteiger partial charge in [-0.15, -0.1) is 11.3 Å². The average molecular weight is 273 g/mol.